The summed E-state index contributed by atoms with van der Waals surface area (Å²) in [7, 11) is 0. The van der Waals surface area contributed by atoms with E-state index in [1.807, 2.05) is 0 Å². The van der Waals surface area contributed by atoms with Crippen LogP contribution < -0.4 is 5.73 Å². The Bertz CT molecular complexity index is 612. The van der Waals surface area contributed by atoms with Gasteiger partial charge < -0.3 is 10.8 Å². The molecule has 94 valence electrons. The van der Waals surface area contributed by atoms with E-state index in [1.54, 1.807) is 0 Å². The monoisotopic (exact) mass is 269 g/mol. The third kappa shape index (κ3) is 2.43. The molecule has 0 atom stereocenters. The number of aromatic nitrogens is 2. The second kappa shape index (κ2) is 4.66. The van der Waals surface area contributed by atoms with E-state index in [1.165, 1.54) is 29.1 Å². The van der Waals surface area contributed by atoms with Gasteiger partial charge in [0.1, 0.15) is 5.82 Å². The molecule has 0 aliphatic rings. The lowest BCUT2D eigenvalue weighted by atomic mass is 10.2. The number of rotatable bonds is 3. The van der Waals surface area contributed by atoms with Gasteiger partial charge in [-0.3, -0.25) is 4.68 Å². The minimum absolute atomic E-state index is 0.0509. The van der Waals surface area contributed by atoms with E-state index in [-0.39, 0.29) is 17.9 Å². The number of hydrogen-bond acceptors (Lipinski definition) is 3. The van der Waals surface area contributed by atoms with Gasteiger partial charge in [0.15, 0.2) is 5.69 Å². The number of hydrogen-bond donors (Lipinski definition) is 2. The first-order chi connectivity index (χ1) is 8.47. The van der Waals surface area contributed by atoms with Crippen molar-refractivity contribution >= 4 is 23.3 Å². The average molecular weight is 270 g/mol. The normalized spacial score (nSPS) is 10.6. The molecule has 1 aromatic carbocycles. The van der Waals surface area contributed by atoms with Gasteiger partial charge in [-0.15, -0.1) is 0 Å². The fraction of sp³-hybridized carbons (Fsp3) is 0.0909. The summed E-state index contributed by atoms with van der Waals surface area (Å²) in [4.78, 5) is 10.8. The Labute approximate surface area is 107 Å². The van der Waals surface area contributed by atoms with Gasteiger partial charge in [0.05, 0.1) is 12.2 Å². The Kier molecular flexibility index (Phi) is 3.20. The number of aromatic carboxylic acids is 1. The van der Waals surface area contributed by atoms with E-state index in [2.05, 4.69) is 5.10 Å². The lowest BCUT2D eigenvalue weighted by Crippen LogP contribution is -2.05. The van der Waals surface area contributed by atoms with Crippen molar-refractivity contribution in [2.45, 2.75) is 6.54 Å². The molecule has 0 aliphatic carbocycles. The fourth-order valence-electron chi connectivity index (χ4n) is 1.52. The van der Waals surface area contributed by atoms with Crippen LogP contribution >= 0.6 is 11.6 Å². The van der Waals surface area contributed by atoms with E-state index >= 15 is 0 Å². The summed E-state index contributed by atoms with van der Waals surface area (Å²) in [6.07, 6.45) is 1.37. The topological polar surface area (TPSA) is 81.1 Å². The third-order valence-corrected chi connectivity index (χ3v) is 2.70. The minimum atomic E-state index is -1.21. The molecule has 2 rings (SSSR count). The Morgan fingerprint density at radius 3 is 2.89 bits per heavy atom. The van der Waals surface area contributed by atoms with Gasteiger partial charge >= 0.3 is 5.97 Å². The maximum Gasteiger partial charge on any atom is 0.358 e. The van der Waals surface area contributed by atoms with Crippen molar-refractivity contribution in [3.63, 3.8) is 0 Å². The molecule has 0 bridgehead atoms. The van der Waals surface area contributed by atoms with Gasteiger partial charge in [-0.05, 0) is 23.8 Å². The van der Waals surface area contributed by atoms with Crippen LogP contribution in [0.1, 0.15) is 16.1 Å². The number of nitrogens with two attached hydrogens (primary N) is 1. The molecule has 0 radical (unpaired) electrons. The lowest BCUT2D eigenvalue weighted by molar-refractivity contribution is 0.0690. The van der Waals surface area contributed by atoms with Crippen molar-refractivity contribution in [1.29, 1.82) is 0 Å². The number of carboxylic acid groups (broad SMARTS) is 1. The van der Waals surface area contributed by atoms with E-state index < -0.39 is 11.8 Å². The molecule has 0 aliphatic heterocycles. The lowest BCUT2D eigenvalue weighted by Gasteiger charge is -2.04. The smallest absolute Gasteiger partial charge is 0.358 e. The van der Waals surface area contributed by atoms with Crippen LogP contribution in [0.3, 0.4) is 0 Å². The van der Waals surface area contributed by atoms with Crippen LogP contribution in [0.25, 0.3) is 0 Å². The van der Waals surface area contributed by atoms with Crippen molar-refractivity contribution in [3.05, 3.63) is 46.5 Å². The first-order valence-corrected chi connectivity index (χ1v) is 5.35. The second-order valence-electron chi connectivity index (χ2n) is 3.67. The number of nitrogens with zero attached hydrogens (tertiary/aromatic N) is 2. The standard InChI is InChI=1S/C11H9ClFN3O2/c12-8-2-1-7(13)3-6(8)4-16-5-9(14)10(15-16)11(17)18/h1-3,5H,4,14H2,(H,17,18). The fourth-order valence-corrected chi connectivity index (χ4v) is 1.70. The van der Waals surface area contributed by atoms with Gasteiger partial charge in [-0.1, -0.05) is 11.6 Å². The van der Waals surface area contributed by atoms with Gasteiger partial charge in [0, 0.05) is 11.2 Å². The quantitative estimate of drug-likeness (QED) is 0.893. The molecule has 0 spiro atoms. The van der Waals surface area contributed by atoms with Crippen LogP contribution in [0.15, 0.2) is 24.4 Å². The van der Waals surface area contributed by atoms with Gasteiger partial charge in [-0.2, -0.15) is 5.10 Å². The molecule has 18 heavy (non-hydrogen) atoms. The van der Waals surface area contributed by atoms with E-state index in [0.29, 0.717) is 10.6 Å². The molecule has 0 amide bonds. The first kappa shape index (κ1) is 12.4. The molecule has 2 aromatic rings. The number of nitrogen functional groups attached to an aromatic ring is 1. The maximum absolute atomic E-state index is 13.1. The molecule has 1 heterocycles. The van der Waals surface area contributed by atoms with Crippen molar-refractivity contribution in [2.75, 3.05) is 5.73 Å². The van der Waals surface area contributed by atoms with Crippen LogP contribution in [-0.4, -0.2) is 20.9 Å². The number of anilines is 1. The molecular weight excluding hydrogens is 261 g/mol. The second-order valence-corrected chi connectivity index (χ2v) is 4.08. The number of benzene rings is 1. The summed E-state index contributed by atoms with van der Waals surface area (Å²) in [5, 5.41) is 13.0. The summed E-state index contributed by atoms with van der Waals surface area (Å²) in [6, 6.07) is 3.93. The highest BCUT2D eigenvalue weighted by Crippen LogP contribution is 2.19. The number of halogens is 2. The van der Waals surface area contributed by atoms with Gasteiger partial charge in [-0.25, -0.2) is 9.18 Å². The maximum atomic E-state index is 13.1. The molecule has 0 saturated carbocycles. The zero-order chi connectivity index (χ0) is 13.3. The molecule has 7 heteroatoms. The van der Waals surface area contributed by atoms with E-state index in [4.69, 9.17) is 22.4 Å². The highest BCUT2D eigenvalue weighted by Gasteiger charge is 2.14. The zero-order valence-corrected chi connectivity index (χ0v) is 9.86. The van der Waals surface area contributed by atoms with Crippen molar-refractivity contribution in [2.24, 2.45) is 0 Å². The average Bonchev–Trinajstić information content (AvgIpc) is 2.65. The Morgan fingerprint density at radius 1 is 1.56 bits per heavy atom. The molecule has 1 aromatic heterocycles. The Hall–Kier alpha value is -2.08. The SMILES string of the molecule is Nc1cn(Cc2cc(F)ccc2Cl)nc1C(=O)O. The minimum Gasteiger partial charge on any atom is -0.476 e. The summed E-state index contributed by atoms with van der Waals surface area (Å²) in [5.41, 5.74) is 5.81. The van der Waals surface area contributed by atoms with Crippen LogP contribution in [0.4, 0.5) is 10.1 Å². The van der Waals surface area contributed by atoms with Crippen LogP contribution in [0.5, 0.6) is 0 Å². The van der Waals surface area contributed by atoms with Crippen LogP contribution in [0, 0.1) is 5.82 Å². The van der Waals surface area contributed by atoms with Gasteiger partial charge in [0.25, 0.3) is 0 Å². The molecule has 0 unspecified atom stereocenters. The van der Waals surface area contributed by atoms with Crippen molar-refractivity contribution in [3.8, 4) is 0 Å². The van der Waals surface area contributed by atoms with Crippen LogP contribution in [-0.2, 0) is 6.54 Å². The van der Waals surface area contributed by atoms with Gasteiger partial charge in [0.2, 0.25) is 0 Å². The molecule has 0 saturated heterocycles. The van der Waals surface area contributed by atoms with Crippen molar-refractivity contribution < 1.29 is 14.3 Å². The zero-order valence-electron chi connectivity index (χ0n) is 9.10. The molecule has 5 nitrogen and oxygen atoms in total. The summed E-state index contributed by atoms with van der Waals surface area (Å²) in [6.45, 7) is 0.147. The first-order valence-electron chi connectivity index (χ1n) is 4.97. The number of carboxylic acids is 1. The van der Waals surface area contributed by atoms with Crippen molar-refractivity contribution in [1.82, 2.24) is 9.78 Å². The number of carbonyl (C=O) groups is 1. The highest BCUT2D eigenvalue weighted by atomic mass is 35.5. The molecule has 0 fully saturated rings. The van der Waals surface area contributed by atoms with E-state index in [0.717, 1.165) is 0 Å². The third-order valence-electron chi connectivity index (χ3n) is 2.33. The summed E-state index contributed by atoms with van der Waals surface area (Å²) < 4.78 is 14.4. The Balaban J connectivity index is 2.31. The van der Waals surface area contributed by atoms with E-state index in [9.17, 15) is 9.18 Å². The predicted octanol–water partition coefficient (Wildman–Crippen LogP) is 2.00. The summed E-state index contributed by atoms with van der Waals surface area (Å²) in [5.74, 6) is -1.63. The van der Waals surface area contributed by atoms with Crippen LogP contribution in [0.2, 0.25) is 5.02 Å². The Morgan fingerprint density at radius 2 is 2.28 bits per heavy atom. The molecule has 3 N–H and O–H groups in total. The predicted molar refractivity (Wildman–Crippen MR) is 64.1 cm³/mol. The highest BCUT2D eigenvalue weighted by molar-refractivity contribution is 6.31. The summed E-state index contributed by atoms with van der Waals surface area (Å²) >= 11 is 5.90. The largest absolute Gasteiger partial charge is 0.476 e. The molecular formula is C11H9ClFN3O2.